The molecule has 0 aliphatic heterocycles. The summed E-state index contributed by atoms with van der Waals surface area (Å²) < 4.78 is 0. The predicted octanol–water partition coefficient (Wildman–Crippen LogP) is 9.43. The summed E-state index contributed by atoms with van der Waals surface area (Å²) in [5.74, 6) is 0.813. The van der Waals surface area contributed by atoms with E-state index in [0.29, 0.717) is 57.8 Å². The lowest BCUT2D eigenvalue weighted by Gasteiger charge is -2.44. The van der Waals surface area contributed by atoms with Gasteiger partial charge in [-0.15, -0.1) is 0 Å². The second kappa shape index (κ2) is 14.7. The molecule has 0 fully saturated rings. The molecular weight excluding hydrogens is 561 g/mol. The Bertz CT molecular complexity index is 1120. The third-order valence-electron chi connectivity index (χ3n) is 10.3. The molecule has 2 aromatic carbocycles. The van der Waals surface area contributed by atoms with Gasteiger partial charge in [0.05, 0.1) is 16.1 Å². The zero-order valence-corrected chi connectivity index (χ0v) is 31.8. The number of aliphatic imine (C=N–C) groups is 2. The molecule has 6 heteroatoms. The SMILES string of the molecule is CC(C)[Si](c1cccc(C=NCC(C)(C)CN=Cc2cccc([Si](C(C)C)(C(C)C)C(C)C)c2O)c1O)(C(C)C)C(C)C. The van der Waals surface area contributed by atoms with Crippen LogP contribution in [0.25, 0.3) is 0 Å². The Hall–Kier alpha value is -2.19. The number of rotatable bonds is 14. The Morgan fingerprint density at radius 1 is 0.558 bits per heavy atom. The Morgan fingerprint density at radius 2 is 0.837 bits per heavy atom. The standard InChI is InChI=1S/C37H62N2O2Si2/c1-25(2)42(26(3)4,27(5)6)33-19-15-17-31(35(33)40)21-38-23-37(13,14)24-39-22-32-18-16-20-34(36(32)41)43(28(7)8,29(9)10)30(11)12/h15-22,25-30,40-41H,23-24H2,1-14H3. The van der Waals surface area contributed by atoms with Gasteiger partial charge in [0.25, 0.3) is 0 Å². The Balaban J connectivity index is 2.29. The Kier molecular flexibility index (Phi) is 12.7. The second-order valence-corrected chi connectivity index (χ2v) is 27.1. The minimum Gasteiger partial charge on any atom is -0.507 e. The van der Waals surface area contributed by atoms with Gasteiger partial charge < -0.3 is 10.2 Å². The molecule has 0 saturated carbocycles. The van der Waals surface area contributed by atoms with Gasteiger partial charge in [-0.25, -0.2) is 0 Å². The van der Waals surface area contributed by atoms with E-state index in [1.165, 1.54) is 0 Å². The number of benzene rings is 2. The van der Waals surface area contributed by atoms with E-state index in [0.717, 1.165) is 21.5 Å². The molecule has 4 nitrogen and oxygen atoms in total. The van der Waals surface area contributed by atoms with Crippen LogP contribution in [0.3, 0.4) is 0 Å². The van der Waals surface area contributed by atoms with Crippen LogP contribution in [0.1, 0.15) is 108 Å². The van der Waals surface area contributed by atoms with Crippen molar-refractivity contribution in [3.63, 3.8) is 0 Å². The first-order chi connectivity index (χ1) is 19.9. The molecule has 0 aliphatic carbocycles. The Labute approximate surface area is 266 Å². The lowest BCUT2D eigenvalue weighted by molar-refractivity contribution is 0.396. The quantitative estimate of drug-likeness (QED) is 0.163. The van der Waals surface area contributed by atoms with Gasteiger partial charge in [0.2, 0.25) is 0 Å². The van der Waals surface area contributed by atoms with Crippen LogP contribution in [0.5, 0.6) is 11.5 Å². The molecule has 0 aromatic heterocycles. The molecular formula is C37H62N2O2Si2. The second-order valence-electron chi connectivity index (χ2n) is 15.4. The molecule has 0 radical (unpaired) electrons. The first-order valence-electron chi connectivity index (χ1n) is 16.5. The molecule has 0 unspecified atom stereocenters. The van der Waals surface area contributed by atoms with Crippen LogP contribution in [0.4, 0.5) is 0 Å². The highest BCUT2D eigenvalue weighted by Crippen LogP contribution is 2.44. The average Bonchev–Trinajstić information content (AvgIpc) is 2.87. The molecule has 240 valence electrons. The number of hydrogen-bond donors (Lipinski definition) is 2. The summed E-state index contributed by atoms with van der Waals surface area (Å²) in [5, 5.41) is 25.3. The first-order valence-corrected chi connectivity index (χ1v) is 21.0. The van der Waals surface area contributed by atoms with Crippen molar-refractivity contribution < 1.29 is 10.2 Å². The molecule has 0 atom stereocenters. The molecule has 2 N–H and O–H groups in total. The number of para-hydroxylation sites is 2. The smallest absolute Gasteiger partial charge is 0.123 e. The Morgan fingerprint density at radius 3 is 1.09 bits per heavy atom. The minimum atomic E-state index is -1.99. The number of aromatic hydroxyl groups is 2. The first kappa shape index (κ1) is 37.0. The van der Waals surface area contributed by atoms with Crippen LogP contribution in [-0.4, -0.2) is 51.9 Å². The molecule has 0 amide bonds. The number of phenols is 2. The fourth-order valence-corrected chi connectivity index (χ4v) is 22.3. The van der Waals surface area contributed by atoms with Crippen molar-refractivity contribution in [2.45, 2.75) is 130 Å². The molecule has 0 aliphatic rings. The van der Waals surface area contributed by atoms with Crippen molar-refractivity contribution in [1.29, 1.82) is 0 Å². The molecule has 43 heavy (non-hydrogen) atoms. The maximum atomic E-state index is 11.5. The largest absolute Gasteiger partial charge is 0.507 e. The summed E-state index contributed by atoms with van der Waals surface area (Å²) in [6, 6.07) is 12.4. The van der Waals surface area contributed by atoms with Crippen LogP contribution < -0.4 is 10.4 Å². The van der Waals surface area contributed by atoms with Crippen LogP contribution in [0.15, 0.2) is 46.4 Å². The fraction of sp³-hybridized carbons (Fsp3) is 0.622. The van der Waals surface area contributed by atoms with Crippen molar-refractivity contribution in [1.82, 2.24) is 0 Å². The van der Waals surface area contributed by atoms with Crippen LogP contribution in [0, 0.1) is 5.41 Å². The van der Waals surface area contributed by atoms with Gasteiger partial charge >= 0.3 is 0 Å². The van der Waals surface area contributed by atoms with E-state index >= 15 is 0 Å². The summed E-state index contributed by atoms with van der Waals surface area (Å²) in [4.78, 5) is 9.58. The maximum Gasteiger partial charge on any atom is 0.123 e. The molecule has 0 bridgehead atoms. The molecule has 2 rings (SSSR count). The maximum absolute atomic E-state index is 11.5. The molecule has 0 spiro atoms. The summed E-state index contributed by atoms with van der Waals surface area (Å²) in [6.45, 7) is 33.4. The number of hydrogen-bond acceptors (Lipinski definition) is 4. The summed E-state index contributed by atoms with van der Waals surface area (Å²) >= 11 is 0. The van der Waals surface area contributed by atoms with Crippen molar-refractivity contribution in [2.24, 2.45) is 15.4 Å². The molecule has 0 heterocycles. The van der Waals surface area contributed by atoms with E-state index in [1.54, 1.807) is 0 Å². The highest BCUT2D eigenvalue weighted by molar-refractivity contribution is 6.96. The van der Waals surface area contributed by atoms with Gasteiger partial charge in [-0.3, -0.25) is 9.98 Å². The van der Waals surface area contributed by atoms with E-state index in [9.17, 15) is 10.2 Å². The lowest BCUT2D eigenvalue weighted by Crippen LogP contribution is -2.55. The van der Waals surface area contributed by atoms with Crippen LogP contribution in [0.2, 0.25) is 33.2 Å². The predicted molar refractivity (Wildman–Crippen MR) is 196 cm³/mol. The van der Waals surface area contributed by atoms with Crippen molar-refractivity contribution in [2.75, 3.05) is 13.1 Å². The normalized spacial score (nSPS) is 13.9. The van der Waals surface area contributed by atoms with Gasteiger partial charge in [0.15, 0.2) is 0 Å². The topological polar surface area (TPSA) is 65.2 Å². The highest BCUT2D eigenvalue weighted by Gasteiger charge is 2.47. The number of phenolic OH excluding ortho intramolecular Hbond substituents is 2. The zero-order valence-electron chi connectivity index (χ0n) is 29.8. The third-order valence-corrected chi connectivity index (χ3v) is 24.4. The lowest BCUT2D eigenvalue weighted by atomic mass is 9.94. The van der Waals surface area contributed by atoms with Gasteiger partial charge in [-0.05, 0) is 55.8 Å². The average molecular weight is 623 g/mol. The number of nitrogens with zero attached hydrogens (tertiary/aromatic N) is 2. The molecule has 2 aromatic rings. The van der Waals surface area contributed by atoms with E-state index in [4.69, 9.17) is 9.98 Å². The zero-order chi connectivity index (χ0) is 32.9. The van der Waals surface area contributed by atoms with Gasteiger partial charge in [0.1, 0.15) is 11.5 Å². The van der Waals surface area contributed by atoms with E-state index in [-0.39, 0.29) is 5.41 Å². The highest BCUT2D eigenvalue weighted by atomic mass is 28.3. The van der Waals surface area contributed by atoms with Crippen molar-refractivity contribution >= 4 is 39.0 Å². The third kappa shape index (κ3) is 7.38. The summed E-state index contributed by atoms with van der Waals surface area (Å²) in [6.07, 6.45) is 3.68. The van der Waals surface area contributed by atoms with Crippen molar-refractivity contribution in [3.8, 4) is 11.5 Å². The van der Waals surface area contributed by atoms with E-state index < -0.39 is 16.1 Å². The minimum absolute atomic E-state index is 0.175. The van der Waals surface area contributed by atoms with Crippen LogP contribution in [-0.2, 0) is 0 Å². The van der Waals surface area contributed by atoms with Gasteiger partial charge in [-0.1, -0.05) is 121 Å². The van der Waals surface area contributed by atoms with E-state index in [2.05, 4.69) is 121 Å². The van der Waals surface area contributed by atoms with E-state index in [1.807, 2.05) is 24.6 Å². The fourth-order valence-electron chi connectivity index (χ4n) is 8.73. The summed E-state index contributed by atoms with van der Waals surface area (Å²) in [5.41, 5.74) is 4.52. The summed E-state index contributed by atoms with van der Waals surface area (Å²) in [7, 11) is -3.99. The van der Waals surface area contributed by atoms with Crippen LogP contribution >= 0.6 is 0 Å². The molecule has 0 saturated heterocycles. The van der Waals surface area contributed by atoms with Gasteiger partial charge in [-0.2, -0.15) is 0 Å². The van der Waals surface area contributed by atoms with Gasteiger partial charge in [0, 0.05) is 42.1 Å². The van der Waals surface area contributed by atoms with Crippen molar-refractivity contribution in [3.05, 3.63) is 47.5 Å². The monoisotopic (exact) mass is 622 g/mol.